The first-order chi connectivity index (χ1) is 13.9. The third kappa shape index (κ3) is 4.81. The molecular weight excluding hydrogens is 416 g/mol. The zero-order chi connectivity index (χ0) is 21.0. The molecule has 1 aromatic heterocycles. The van der Waals surface area contributed by atoms with Crippen molar-refractivity contribution in [3.8, 4) is 5.75 Å². The van der Waals surface area contributed by atoms with Crippen LogP contribution in [0.1, 0.15) is 10.4 Å². The van der Waals surface area contributed by atoms with Gasteiger partial charge in [0.2, 0.25) is 5.91 Å². The van der Waals surface area contributed by atoms with Crippen molar-refractivity contribution in [2.45, 2.75) is 4.34 Å². The maximum atomic E-state index is 12.2. The Hall–Kier alpha value is -3.18. The smallest absolute Gasteiger partial charge is 0.311 e. The Morgan fingerprint density at radius 2 is 2.07 bits per heavy atom. The van der Waals surface area contributed by atoms with Crippen molar-refractivity contribution in [1.29, 1.82) is 0 Å². The molecular formula is C18H16N4O5S2. The highest BCUT2D eigenvalue weighted by atomic mass is 32.2. The average Bonchev–Trinajstić information content (AvgIpc) is 3.14. The lowest BCUT2D eigenvalue weighted by atomic mass is 10.1. The van der Waals surface area contributed by atoms with Crippen molar-refractivity contribution in [2.24, 2.45) is 0 Å². The van der Waals surface area contributed by atoms with E-state index < -0.39 is 16.7 Å². The fraction of sp³-hybridized carbons (Fsp3) is 0.167. The van der Waals surface area contributed by atoms with E-state index in [1.54, 1.807) is 17.8 Å². The van der Waals surface area contributed by atoms with Crippen LogP contribution in [-0.4, -0.2) is 41.6 Å². The van der Waals surface area contributed by atoms with E-state index in [0.717, 1.165) is 20.6 Å². The summed E-state index contributed by atoms with van der Waals surface area (Å²) in [7, 11) is 1.30. The number of carbonyl (C=O) groups excluding carboxylic acids is 2. The molecule has 1 heterocycles. The van der Waals surface area contributed by atoms with Crippen LogP contribution in [0.4, 0.5) is 11.4 Å². The van der Waals surface area contributed by atoms with Crippen LogP contribution in [0.5, 0.6) is 5.75 Å². The van der Waals surface area contributed by atoms with Gasteiger partial charge in [0.1, 0.15) is 0 Å². The Balaban J connectivity index is 1.62. The molecule has 11 heteroatoms. The van der Waals surface area contributed by atoms with Crippen LogP contribution in [0, 0.1) is 10.1 Å². The second-order valence-corrected chi connectivity index (χ2v) is 7.83. The number of aromatic nitrogens is 1. The van der Waals surface area contributed by atoms with Crippen LogP contribution in [0.25, 0.3) is 10.2 Å². The Kier molecular flexibility index (Phi) is 6.29. The number of methoxy groups -OCH3 is 1. The Morgan fingerprint density at radius 3 is 2.76 bits per heavy atom. The predicted octanol–water partition coefficient (Wildman–Crippen LogP) is 3.30. The molecule has 0 spiro atoms. The second-order valence-electron chi connectivity index (χ2n) is 5.74. The van der Waals surface area contributed by atoms with Gasteiger partial charge in [-0.25, -0.2) is 4.98 Å². The lowest BCUT2D eigenvalue weighted by Gasteiger charge is -2.08. The second kappa shape index (κ2) is 8.88. The van der Waals surface area contributed by atoms with E-state index in [1.807, 2.05) is 18.4 Å². The fourth-order valence-corrected chi connectivity index (χ4v) is 4.04. The minimum atomic E-state index is -0.639. The Bertz CT molecular complexity index is 1100. The van der Waals surface area contributed by atoms with Gasteiger partial charge in [-0.1, -0.05) is 11.8 Å². The number of ether oxygens (including phenoxy) is 1. The minimum Gasteiger partial charge on any atom is -0.490 e. The van der Waals surface area contributed by atoms with Gasteiger partial charge in [0.05, 0.1) is 28.8 Å². The number of benzene rings is 2. The predicted molar refractivity (Wildman–Crippen MR) is 112 cm³/mol. The van der Waals surface area contributed by atoms with Gasteiger partial charge in [0, 0.05) is 17.3 Å². The average molecular weight is 432 g/mol. The van der Waals surface area contributed by atoms with Gasteiger partial charge in [0.15, 0.2) is 10.1 Å². The summed E-state index contributed by atoms with van der Waals surface area (Å²) in [5.74, 6) is -0.976. The number of thioether (sulfide) groups is 1. The number of fused-ring (bicyclic) bond motifs is 1. The largest absolute Gasteiger partial charge is 0.490 e. The Labute approximate surface area is 173 Å². The number of nitro benzene ring substituents is 1. The van der Waals surface area contributed by atoms with Crippen LogP contribution in [-0.2, 0) is 4.79 Å². The third-order valence-corrected chi connectivity index (χ3v) is 5.88. The number of nitrogens with zero attached hydrogens (tertiary/aromatic N) is 2. The molecule has 2 N–H and O–H groups in total. The number of anilines is 1. The molecule has 0 aliphatic rings. The zero-order valence-electron chi connectivity index (χ0n) is 15.4. The molecule has 0 atom stereocenters. The van der Waals surface area contributed by atoms with Gasteiger partial charge in [0.25, 0.3) is 5.91 Å². The summed E-state index contributed by atoms with van der Waals surface area (Å²) in [5.41, 5.74) is 1.17. The van der Waals surface area contributed by atoms with Gasteiger partial charge >= 0.3 is 5.69 Å². The van der Waals surface area contributed by atoms with E-state index in [0.29, 0.717) is 5.69 Å². The molecule has 2 amide bonds. The number of thiazole rings is 1. The number of carbonyl (C=O) groups is 2. The zero-order valence-corrected chi connectivity index (χ0v) is 17.1. The van der Waals surface area contributed by atoms with E-state index in [-0.39, 0.29) is 23.5 Å². The molecule has 0 saturated heterocycles. The van der Waals surface area contributed by atoms with Gasteiger partial charge in [-0.15, -0.1) is 11.3 Å². The monoisotopic (exact) mass is 432 g/mol. The van der Waals surface area contributed by atoms with Crippen molar-refractivity contribution < 1.29 is 19.2 Å². The summed E-state index contributed by atoms with van der Waals surface area (Å²) < 4.78 is 6.78. The van der Waals surface area contributed by atoms with Gasteiger partial charge in [-0.05, 0) is 36.6 Å². The van der Waals surface area contributed by atoms with Crippen LogP contribution in [0.15, 0.2) is 40.7 Å². The van der Waals surface area contributed by atoms with Crippen LogP contribution >= 0.6 is 23.1 Å². The van der Waals surface area contributed by atoms with Crippen LogP contribution in [0.3, 0.4) is 0 Å². The topological polar surface area (TPSA) is 123 Å². The van der Waals surface area contributed by atoms with Crippen molar-refractivity contribution in [3.05, 3.63) is 52.1 Å². The summed E-state index contributed by atoms with van der Waals surface area (Å²) in [6.07, 6.45) is 1.94. The molecule has 0 radical (unpaired) electrons. The summed E-state index contributed by atoms with van der Waals surface area (Å²) in [6.45, 7) is -0.282. The summed E-state index contributed by atoms with van der Waals surface area (Å²) in [5, 5.41) is 16.2. The number of rotatable bonds is 7. The molecule has 2 aromatic carbocycles. The fourth-order valence-electron chi connectivity index (χ4n) is 2.51. The number of amides is 2. The summed E-state index contributed by atoms with van der Waals surface area (Å²) in [4.78, 5) is 39.2. The third-order valence-electron chi connectivity index (χ3n) is 3.87. The van der Waals surface area contributed by atoms with E-state index in [1.165, 1.54) is 30.6 Å². The van der Waals surface area contributed by atoms with Crippen molar-refractivity contribution >= 4 is 56.5 Å². The van der Waals surface area contributed by atoms with Gasteiger partial charge < -0.3 is 15.4 Å². The number of hydrogen-bond acceptors (Lipinski definition) is 8. The number of hydrogen-bond donors (Lipinski definition) is 2. The quantitative estimate of drug-likeness (QED) is 0.333. The normalized spacial score (nSPS) is 10.6. The minimum absolute atomic E-state index is 0.0485. The highest BCUT2D eigenvalue weighted by Crippen LogP contribution is 2.30. The lowest BCUT2D eigenvalue weighted by molar-refractivity contribution is -0.385. The standard InChI is InChI=1S/C18H16N4O5S2/c1-27-14-6-3-10(7-13(14)22(25)26)17(24)19-9-16(23)20-11-4-5-12-15(8-11)29-18(21-12)28-2/h3-8H,9H2,1-2H3,(H,19,24)(H,20,23). The number of nitro groups is 1. The van der Waals surface area contributed by atoms with E-state index >= 15 is 0 Å². The first kappa shape index (κ1) is 20.6. The van der Waals surface area contributed by atoms with Gasteiger partial charge in [-0.3, -0.25) is 19.7 Å². The van der Waals surface area contributed by atoms with Gasteiger partial charge in [-0.2, -0.15) is 0 Å². The maximum Gasteiger partial charge on any atom is 0.311 e. The Morgan fingerprint density at radius 1 is 1.28 bits per heavy atom. The molecule has 9 nitrogen and oxygen atoms in total. The number of nitrogens with one attached hydrogen (secondary N) is 2. The summed E-state index contributed by atoms with van der Waals surface area (Å²) in [6, 6.07) is 9.20. The molecule has 0 bridgehead atoms. The van der Waals surface area contributed by atoms with Crippen LogP contribution < -0.4 is 15.4 Å². The van der Waals surface area contributed by atoms with Crippen LogP contribution in [0.2, 0.25) is 0 Å². The van der Waals surface area contributed by atoms with E-state index in [9.17, 15) is 19.7 Å². The van der Waals surface area contributed by atoms with Crippen molar-refractivity contribution in [2.75, 3.05) is 25.2 Å². The highest BCUT2D eigenvalue weighted by molar-refractivity contribution is 8.00. The summed E-state index contributed by atoms with van der Waals surface area (Å²) >= 11 is 3.08. The molecule has 3 rings (SSSR count). The molecule has 0 aliphatic heterocycles. The molecule has 0 unspecified atom stereocenters. The SMILES string of the molecule is COc1ccc(C(=O)NCC(=O)Nc2ccc3nc(SC)sc3c2)cc1[N+](=O)[O-]. The highest BCUT2D eigenvalue weighted by Gasteiger charge is 2.18. The molecule has 29 heavy (non-hydrogen) atoms. The molecule has 0 fully saturated rings. The first-order valence-electron chi connectivity index (χ1n) is 8.26. The van der Waals surface area contributed by atoms with E-state index in [2.05, 4.69) is 15.6 Å². The van der Waals surface area contributed by atoms with Crippen molar-refractivity contribution in [1.82, 2.24) is 10.3 Å². The lowest BCUT2D eigenvalue weighted by Crippen LogP contribution is -2.32. The first-order valence-corrected chi connectivity index (χ1v) is 10.3. The van der Waals surface area contributed by atoms with Crippen molar-refractivity contribution in [3.63, 3.8) is 0 Å². The maximum absolute atomic E-state index is 12.2. The molecule has 150 valence electrons. The van der Waals surface area contributed by atoms with E-state index in [4.69, 9.17) is 4.74 Å². The molecule has 3 aromatic rings. The molecule has 0 aliphatic carbocycles. The molecule has 0 saturated carbocycles.